The summed E-state index contributed by atoms with van der Waals surface area (Å²) in [5.74, 6) is -4.55. The van der Waals surface area contributed by atoms with E-state index in [-0.39, 0.29) is 137 Å². The van der Waals surface area contributed by atoms with Gasteiger partial charge in [0.15, 0.2) is 0 Å². The molecule has 0 atom stereocenters. The summed E-state index contributed by atoms with van der Waals surface area (Å²) in [6.45, 7) is 0. The molecule has 0 rings (SSSR count). The first-order valence-electron chi connectivity index (χ1n) is 13.7. The van der Waals surface area contributed by atoms with Gasteiger partial charge in [0, 0.05) is 137 Å². The quantitative estimate of drug-likeness (QED) is 0.0647. The molecule has 0 aliphatic carbocycles. The van der Waals surface area contributed by atoms with E-state index in [1.165, 1.54) is 0 Å². The molecule has 0 saturated heterocycles. The fourth-order valence-electron chi connectivity index (χ4n) is 3.25. The Morgan fingerprint density at radius 3 is 0.439 bits per heavy atom. The van der Waals surface area contributed by atoms with Crippen LogP contribution in [0.2, 0.25) is 0 Å². The van der Waals surface area contributed by atoms with Crippen molar-refractivity contribution in [2.75, 3.05) is 0 Å². The van der Waals surface area contributed by atoms with Crippen LogP contribution >= 0.6 is 0 Å². The molecule has 0 aromatic rings. The first-order valence-corrected chi connectivity index (χ1v) is 13.7. The number of carbonyl (C=O) groups is 6. The summed E-state index contributed by atoms with van der Waals surface area (Å²) in [5, 5.41) is 49.9. The monoisotopic (exact) mass is 870 g/mol. The van der Waals surface area contributed by atoms with Crippen molar-refractivity contribution in [3.63, 3.8) is 0 Å². The van der Waals surface area contributed by atoms with Gasteiger partial charge in [-0.05, 0) is 38.5 Å². The van der Waals surface area contributed by atoms with Crippen molar-refractivity contribution < 1.29 is 158 Å². The predicted octanol–water partition coefficient (Wildman–Crippen LogP) is 5.66. The summed E-state index contributed by atoms with van der Waals surface area (Å²) in [4.78, 5) is 60.6. The van der Waals surface area contributed by atoms with Crippen LogP contribution in [0.4, 0.5) is 0 Å². The second kappa shape index (κ2) is 40.0. The Bertz CT molecular complexity index is 543. The minimum Gasteiger partial charge on any atom is -0.481 e. The standard InChI is InChI=1S/3C9H16O4.2Eu/c3*10-8(11)6-4-2-1-3-5-7-9(12)13;;/h3*1-7H2,(H,10,11)(H,12,13);;. The second-order valence-corrected chi connectivity index (χ2v) is 9.17. The first kappa shape index (κ1) is 50.6. The van der Waals surface area contributed by atoms with Crippen LogP contribution in [0, 0.1) is 98.8 Å². The molecule has 0 aromatic heterocycles. The van der Waals surface area contributed by atoms with Crippen LogP contribution in [0.15, 0.2) is 0 Å². The zero-order valence-electron chi connectivity index (χ0n) is 23.7. The molecule has 0 fully saturated rings. The number of hydrogen-bond acceptors (Lipinski definition) is 6. The first-order chi connectivity index (χ1) is 18.4. The molecule has 6 N–H and O–H groups in total. The van der Waals surface area contributed by atoms with Crippen LogP contribution in [0.1, 0.15) is 135 Å². The van der Waals surface area contributed by atoms with E-state index in [2.05, 4.69) is 0 Å². The molecule has 0 aliphatic heterocycles. The van der Waals surface area contributed by atoms with Crippen molar-refractivity contribution in [2.24, 2.45) is 0 Å². The Hall–Kier alpha value is -0.0112. The fourth-order valence-corrected chi connectivity index (χ4v) is 3.25. The van der Waals surface area contributed by atoms with Crippen LogP contribution in [-0.2, 0) is 28.8 Å². The maximum Gasteiger partial charge on any atom is 0.303 e. The summed E-state index contributed by atoms with van der Waals surface area (Å²) in [5.41, 5.74) is 0. The Morgan fingerprint density at radius 1 is 0.244 bits per heavy atom. The Labute approximate surface area is 324 Å². The molecule has 14 heteroatoms. The average molecular weight is 869 g/mol. The molecule has 0 aliphatic rings. The van der Waals surface area contributed by atoms with E-state index in [1.807, 2.05) is 0 Å². The maximum absolute atomic E-state index is 10.1. The maximum atomic E-state index is 10.1. The Balaban J connectivity index is -0.000000154. The third kappa shape index (κ3) is 64.2. The minimum atomic E-state index is -0.759. The van der Waals surface area contributed by atoms with E-state index >= 15 is 0 Å². The van der Waals surface area contributed by atoms with Crippen molar-refractivity contribution in [3.8, 4) is 0 Å². The van der Waals surface area contributed by atoms with Crippen molar-refractivity contribution >= 4 is 35.8 Å². The number of carboxylic acid groups (broad SMARTS) is 6. The zero-order valence-corrected chi connectivity index (χ0v) is 28.6. The van der Waals surface area contributed by atoms with Gasteiger partial charge >= 0.3 is 35.8 Å². The molecule has 0 amide bonds. The average Bonchev–Trinajstić information content (AvgIpc) is 2.82. The van der Waals surface area contributed by atoms with Gasteiger partial charge in [0.05, 0.1) is 0 Å². The van der Waals surface area contributed by atoms with E-state index in [0.29, 0.717) is 38.5 Å². The molecule has 0 bridgehead atoms. The number of carboxylic acids is 6. The molecule has 0 heterocycles. The molecule has 242 valence electrons. The number of hydrogen-bond donors (Lipinski definition) is 6. The van der Waals surface area contributed by atoms with Crippen molar-refractivity contribution in [3.05, 3.63) is 0 Å². The van der Waals surface area contributed by atoms with Crippen LogP contribution in [-0.4, -0.2) is 66.5 Å². The van der Waals surface area contributed by atoms with Crippen molar-refractivity contribution in [1.29, 1.82) is 0 Å². The van der Waals surface area contributed by atoms with Crippen LogP contribution in [0.25, 0.3) is 0 Å². The normalized spacial score (nSPS) is 9.37. The molecule has 0 unspecified atom stereocenters. The van der Waals surface area contributed by atoms with Gasteiger partial charge < -0.3 is 30.6 Å². The SMILES string of the molecule is O=C(O)CCCCCCCC(=O)O.O=C(O)CCCCCCCC(=O)O.O=C(O)CCCCCCCC(=O)O.[Eu].[Eu]. The van der Waals surface area contributed by atoms with Gasteiger partial charge in [-0.15, -0.1) is 0 Å². The van der Waals surface area contributed by atoms with Gasteiger partial charge in [-0.25, -0.2) is 0 Å². The molecule has 0 spiro atoms. The van der Waals surface area contributed by atoms with Gasteiger partial charge in [0.2, 0.25) is 0 Å². The number of unbranched alkanes of at least 4 members (excludes halogenated alkanes) is 12. The number of rotatable bonds is 24. The Kier molecular flexibility index (Phi) is 49.4. The summed E-state index contributed by atoms with van der Waals surface area (Å²) < 4.78 is 0. The molecule has 41 heavy (non-hydrogen) atoms. The third-order valence-electron chi connectivity index (χ3n) is 5.34. The van der Waals surface area contributed by atoms with Gasteiger partial charge in [-0.2, -0.15) is 0 Å². The predicted molar refractivity (Wildman–Crippen MR) is 143 cm³/mol. The largest absolute Gasteiger partial charge is 0.481 e. The van der Waals surface area contributed by atoms with Gasteiger partial charge in [0.1, 0.15) is 0 Å². The molecular weight excluding hydrogens is 820 g/mol. The van der Waals surface area contributed by atoms with E-state index < -0.39 is 35.8 Å². The van der Waals surface area contributed by atoms with Gasteiger partial charge in [-0.3, -0.25) is 28.8 Å². The van der Waals surface area contributed by atoms with E-state index in [1.54, 1.807) is 0 Å². The van der Waals surface area contributed by atoms with E-state index in [9.17, 15) is 28.8 Å². The van der Waals surface area contributed by atoms with Crippen LogP contribution in [0.3, 0.4) is 0 Å². The van der Waals surface area contributed by atoms with Crippen molar-refractivity contribution in [2.45, 2.75) is 135 Å². The molecule has 12 nitrogen and oxygen atoms in total. The van der Waals surface area contributed by atoms with Crippen LogP contribution in [0.5, 0.6) is 0 Å². The van der Waals surface area contributed by atoms with Crippen molar-refractivity contribution in [1.82, 2.24) is 0 Å². The molecular formula is C27H48Eu2O12. The van der Waals surface area contributed by atoms with Crippen LogP contribution < -0.4 is 0 Å². The van der Waals surface area contributed by atoms with E-state index in [0.717, 1.165) is 57.8 Å². The molecule has 0 saturated carbocycles. The van der Waals surface area contributed by atoms with Gasteiger partial charge in [0.25, 0.3) is 0 Å². The summed E-state index contributed by atoms with van der Waals surface area (Å²) in [6.07, 6.45) is 13.6. The second-order valence-electron chi connectivity index (χ2n) is 9.17. The molecule has 0 aromatic carbocycles. The fraction of sp³-hybridized carbons (Fsp3) is 0.778. The van der Waals surface area contributed by atoms with E-state index in [4.69, 9.17) is 30.6 Å². The summed E-state index contributed by atoms with van der Waals surface area (Å²) in [6, 6.07) is 0. The molecule has 2 radical (unpaired) electrons. The number of aliphatic carboxylic acids is 6. The minimum absolute atomic E-state index is 0. The topological polar surface area (TPSA) is 224 Å². The smallest absolute Gasteiger partial charge is 0.303 e. The zero-order chi connectivity index (χ0) is 30.3. The summed E-state index contributed by atoms with van der Waals surface area (Å²) in [7, 11) is 0. The Morgan fingerprint density at radius 2 is 0.341 bits per heavy atom. The summed E-state index contributed by atoms with van der Waals surface area (Å²) >= 11 is 0. The third-order valence-corrected chi connectivity index (χ3v) is 5.34. The van der Waals surface area contributed by atoms with Gasteiger partial charge in [-0.1, -0.05) is 57.8 Å².